The highest BCUT2D eigenvalue weighted by molar-refractivity contribution is 7.10. The van der Waals surface area contributed by atoms with Crippen molar-refractivity contribution in [2.24, 2.45) is 0 Å². The SMILES string of the molecule is COC(=O)C(CO)c1cccs1. The Kier molecular flexibility index (Phi) is 3.25. The molecule has 0 fully saturated rings. The van der Waals surface area contributed by atoms with Crippen molar-refractivity contribution in [3.8, 4) is 0 Å². The standard InChI is InChI=1S/C8H10O3S/c1-11-8(10)6(5-9)7-3-2-4-12-7/h2-4,6,9H,5H2,1H3. The highest BCUT2D eigenvalue weighted by Gasteiger charge is 2.20. The van der Waals surface area contributed by atoms with Crippen LogP contribution in [0.1, 0.15) is 10.8 Å². The second-order valence-electron chi connectivity index (χ2n) is 2.27. The summed E-state index contributed by atoms with van der Waals surface area (Å²) >= 11 is 1.44. The second kappa shape index (κ2) is 4.23. The van der Waals surface area contributed by atoms with Crippen LogP contribution in [0.25, 0.3) is 0 Å². The van der Waals surface area contributed by atoms with E-state index in [0.29, 0.717) is 0 Å². The Balaban J connectivity index is 2.76. The number of methoxy groups -OCH3 is 1. The van der Waals surface area contributed by atoms with Crippen molar-refractivity contribution in [1.29, 1.82) is 0 Å². The number of esters is 1. The molecule has 0 radical (unpaired) electrons. The summed E-state index contributed by atoms with van der Waals surface area (Å²) in [4.78, 5) is 11.9. The van der Waals surface area contributed by atoms with E-state index in [-0.39, 0.29) is 12.6 Å². The van der Waals surface area contributed by atoms with Crippen molar-refractivity contribution in [1.82, 2.24) is 0 Å². The molecule has 1 rings (SSSR count). The zero-order chi connectivity index (χ0) is 8.97. The van der Waals surface area contributed by atoms with Crippen LogP contribution in [0.5, 0.6) is 0 Å². The molecule has 0 bridgehead atoms. The first-order valence-corrected chi connectivity index (χ1v) is 4.39. The number of rotatable bonds is 3. The van der Waals surface area contributed by atoms with Gasteiger partial charge in [-0.25, -0.2) is 0 Å². The average Bonchev–Trinajstić information content (AvgIpc) is 2.58. The fraction of sp³-hybridized carbons (Fsp3) is 0.375. The van der Waals surface area contributed by atoms with Gasteiger partial charge in [-0.2, -0.15) is 0 Å². The number of aliphatic hydroxyl groups excluding tert-OH is 1. The van der Waals surface area contributed by atoms with Gasteiger partial charge in [0.25, 0.3) is 0 Å². The molecule has 1 N–H and O–H groups in total. The van der Waals surface area contributed by atoms with Crippen LogP contribution in [-0.2, 0) is 9.53 Å². The molecule has 1 aromatic heterocycles. The van der Waals surface area contributed by atoms with Gasteiger partial charge in [0.1, 0.15) is 5.92 Å². The highest BCUT2D eigenvalue weighted by Crippen LogP contribution is 2.21. The maximum atomic E-state index is 11.1. The molecule has 1 unspecified atom stereocenters. The first-order chi connectivity index (χ1) is 5.79. The van der Waals surface area contributed by atoms with Crippen LogP contribution in [-0.4, -0.2) is 24.8 Å². The number of hydrogen-bond acceptors (Lipinski definition) is 4. The third-order valence-corrected chi connectivity index (χ3v) is 2.54. The number of carbonyl (C=O) groups is 1. The molecule has 0 aliphatic heterocycles. The van der Waals surface area contributed by atoms with E-state index < -0.39 is 5.92 Å². The molecule has 0 amide bonds. The number of thiophene rings is 1. The molecule has 0 saturated heterocycles. The van der Waals surface area contributed by atoms with E-state index in [0.717, 1.165) is 4.88 Å². The molecule has 66 valence electrons. The predicted molar refractivity (Wildman–Crippen MR) is 46.2 cm³/mol. The normalized spacial score (nSPS) is 12.5. The maximum absolute atomic E-state index is 11.1. The summed E-state index contributed by atoms with van der Waals surface area (Å²) in [5, 5.41) is 10.8. The highest BCUT2D eigenvalue weighted by atomic mass is 32.1. The van der Waals surface area contributed by atoms with Crippen molar-refractivity contribution in [2.75, 3.05) is 13.7 Å². The summed E-state index contributed by atoms with van der Waals surface area (Å²) in [5.74, 6) is -0.907. The van der Waals surface area contributed by atoms with E-state index in [9.17, 15) is 4.79 Å². The van der Waals surface area contributed by atoms with Gasteiger partial charge >= 0.3 is 5.97 Å². The van der Waals surface area contributed by atoms with Gasteiger partial charge in [0, 0.05) is 4.88 Å². The minimum atomic E-state index is -0.519. The fourth-order valence-corrected chi connectivity index (χ4v) is 1.72. The van der Waals surface area contributed by atoms with Crippen molar-refractivity contribution < 1.29 is 14.6 Å². The predicted octanol–water partition coefficient (Wildman–Crippen LogP) is 0.997. The summed E-state index contributed by atoms with van der Waals surface area (Å²) in [6, 6.07) is 3.65. The number of ether oxygens (including phenoxy) is 1. The number of carbonyl (C=O) groups excluding carboxylic acids is 1. The van der Waals surface area contributed by atoms with Gasteiger partial charge in [-0.05, 0) is 11.4 Å². The summed E-state index contributed by atoms with van der Waals surface area (Å²) in [7, 11) is 1.32. The smallest absolute Gasteiger partial charge is 0.316 e. The molecule has 0 saturated carbocycles. The summed E-state index contributed by atoms with van der Waals surface area (Å²) in [6.45, 7) is -0.201. The molecule has 0 aliphatic carbocycles. The third-order valence-electron chi connectivity index (χ3n) is 1.55. The van der Waals surface area contributed by atoms with Crippen LogP contribution in [0.3, 0.4) is 0 Å². The Labute approximate surface area is 74.6 Å². The molecular weight excluding hydrogens is 176 g/mol. The Morgan fingerprint density at radius 2 is 2.58 bits per heavy atom. The second-order valence-corrected chi connectivity index (χ2v) is 3.25. The molecule has 0 aliphatic rings. The first kappa shape index (κ1) is 9.22. The topological polar surface area (TPSA) is 46.5 Å². The molecule has 4 heteroatoms. The number of hydrogen-bond donors (Lipinski definition) is 1. The molecule has 0 aromatic carbocycles. The van der Waals surface area contributed by atoms with Gasteiger partial charge < -0.3 is 9.84 Å². The molecule has 1 atom stereocenters. The Morgan fingerprint density at radius 3 is 3.00 bits per heavy atom. The lowest BCUT2D eigenvalue weighted by Crippen LogP contribution is -2.16. The third kappa shape index (κ3) is 1.84. The Morgan fingerprint density at radius 1 is 1.83 bits per heavy atom. The van der Waals surface area contributed by atoms with Crippen molar-refractivity contribution >= 4 is 17.3 Å². The summed E-state index contributed by atoms with van der Waals surface area (Å²) in [5.41, 5.74) is 0. The molecule has 0 spiro atoms. The van der Waals surface area contributed by atoms with Gasteiger partial charge in [-0.3, -0.25) is 4.79 Å². The van der Waals surface area contributed by atoms with Gasteiger partial charge in [0.2, 0.25) is 0 Å². The lowest BCUT2D eigenvalue weighted by atomic mass is 10.1. The van der Waals surface area contributed by atoms with Gasteiger partial charge in [0.15, 0.2) is 0 Å². The van der Waals surface area contributed by atoms with Crippen LogP contribution in [0, 0.1) is 0 Å². The Hall–Kier alpha value is -0.870. The number of aliphatic hydroxyl groups is 1. The van der Waals surface area contributed by atoms with Gasteiger partial charge in [-0.15, -0.1) is 11.3 Å². The fourth-order valence-electron chi connectivity index (χ4n) is 0.912. The van der Waals surface area contributed by atoms with Crippen LogP contribution < -0.4 is 0 Å². The van der Waals surface area contributed by atoms with Crippen LogP contribution in [0.2, 0.25) is 0 Å². The van der Waals surface area contributed by atoms with E-state index in [1.54, 1.807) is 0 Å². The van der Waals surface area contributed by atoms with Crippen molar-refractivity contribution in [2.45, 2.75) is 5.92 Å². The largest absolute Gasteiger partial charge is 0.468 e. The Bertz CT molecular complexity index is 243. The van der Waals surface area contributed by atoms with Crippen molar-refractivity contribution in [3.05, 3.63) is 22.4 Å². The van der Waals surface area contributed by atoms with Crippen LogP contribution in [0.15, 0.2) is 17.5 Å². The summed E-state index contributed by atoms with van der Waals surface area (Å²) in [6.07, 6.45) is 0. The van der Waals surface area contributed by atoms with Crippen molar-refractivity contribution in [3.63, 3.8) is 0 Å². The average molecular weight is 186 g/mol. The van der Waals surface area contributed by atoms with E-state index in [2.05, 4.69) is 4.74 Å². The molecule has 12 heavy (non-hydrogen) atoms. The lowest BCUT2D eigenvalue weighted by Gasteiger charge is -2.08. The zero-order valence-corrected chi connectivity index (χ0v) is 7.50. The van der Waals surface area contributed by atoms with E-state index in [4.69, 9.17) is 5.11 Å². The maximum Gasteiger partial charge on any atom is 0.316 e. The van der Waals surface area contributed by atoms with Gasteiger partial charge in [0.05, 0.1) is 13.7 Å². The van der Waals surface area contributed by atoms with E-state index in [1.807, 2.05) is 17.5 Å². The quantitative estimate of drug-likeness (QED) is 0.716. The minimum Gasteiger partial charge on any atom is -0.468 e. The molecule has 1 heterocycles. The van der Waals surface area contributed by atoms with Crippen LogP contribution >= 0.6 is 11.3 Å². The molecule has 1 aromatic rings. The zero-order valence-electron chi connectivity index (χ0n) is 6.69. The lowest BCUT2D eigenvalue weighted by molar-refractivity contribution is -0.143. The van der Waals surface area contributed by atoms with E-state index in [1.165, 1.54) is 18.4 Å². The van der Waals surface area contributed by atoms with Gasteiger partial charge in [-0.1, -0.05) is 6.07 Å². The first-order valence-electron chi connectivity index (χ1n) is 3.51. The van der Waals surface area contributed by atoms with Crippen LogP contribution in [0.4, 0.5) is 0 Å². The monoisotopic (exact) mass is 186 g/mol. The summed E-state index contributed by atoms with van der Waals surface area (Å²) < 4.78 is 4.53. The molecule has 3 nitrogen and oxygen atoms in total. The van der Waals surface area contributed by atoms with E-state index >= 15 is 0 Å². The molecular formula is C8H10O3S. The minimum absolute atomic E-state index is 0.201.